The normalized spacial score (nSPS) is 11.4. The Labute approximate surface area is 51.3 Å². The predicted molar refractivity (Wildman–Crippen MR) is 37.6 cm³/mol. The first-order valence-corrected chi connectivity index (χ1v) is 2.73. The van der Waals surface area contributed by atoms with Gasteiger partial charge in [0.2, 0.25) is 0 Å². The van der Waals surface area contributed by atoms with Gasteiger partial charge in [0.25, 0.3) is 0 Å². The summed E-state index contributed by atoms with van der Waals surface area (Å²) in [6.45, 7) is 2.00. The van der Waals surface area contributed by atoms with Gasteiger partial charge in [-0.25, -0.2) is 0 Å². The molecule has 0 heterocycles. The number of hydrogen-bond donors (Lipinski definition) is 0. The Balaban J connectivity index is 3.34. The minimum absolute atomic E-state index is 2.00. The average Bonchev–Trinajstić information content (AvgIpc) is 1.66. The third kappa shape index (κ3) is 5.28. The first kappa shape index (κ1) is 7.28. The molecule has 0 aliphatic heterocycles. The standard InChI is InChI=1S/C7H13N/c1-4-5-6-7-8(2)3/h4-7H,1-3H3. The summed E-state index contributed by atoms with van der Waals surface area (Å²) in [5.41, 5.74) is 0. The highest BCUT2D eigenvalue weighted by molar-refractivity contribution is 4.99. The van der Waals surface area contributed by atoms with Crippen molar-refractivity contribution in [1.82, 2.24) is 4.90 Å². The first-order valence-electron chi connectivity index (χ1n) is 2.73. The first-order chi connectivity index (χ1) is 3.77. The van der Waals surface area contributed by atoms with Crippen LogP contribution in [0.2, 0.25) is 0 Å². The number of allylic oxidation sites excluding steroid dienone is 3. The predicted octanol–water partition coefficient (Wildman–Crippen LogP) is 1.64. The molecule has 1 heteroatoms. The van der Waals surface area contributed by atoms with Crippen molar-refractivity contribution in [2.24, 2.45) is 0 Å². The van der Waals surface area contributed by atoms with Crippen molar-refractivity contribution < 1.29 is 0 Å². The van der Waals surface area contributed by atoms with E-state index < -0.39 is 0 Å². The van der Waals surface area contributed by atoms with Crippen LogP contribution in [0.4, 0.5) is 0 Å². The van der Waals surface area contributed by atoms with E-state index in [1.165, 1.54) is 0 Å². The number of hydrogen-bond acceptors (Lipinski definition) is 1. The molecule has 46 valence electrons. The molecule has 0 aromatic rings. The third-order valence-electron chi connectivity index (χ3n) is 0.688. The summed E-state index contributed by atoms with van der Waals surface area (Å²) >= 11 is 0. The van der Waals surface area contributed by atoms with Crippen LogP contribution in [0, 0.1) is 0 Å². The second-order valence-corrected chi connectivity index (χ2v) is 1.83. The second kappa shape index (κ2) is 4.44. The minimum Gasteiger partial charge on any atom is -0.383 e. The molecule has 0 bridgehead atoms. The molecule has 0 aromatic heterocycles. The zero-order chi connectivity index (χ0) is 6.41. The van der Waals surface area contributed by atoms with Crippen molar-refractivity contribution in [3.63, 3.8) is 0 Å². The van der Waals surface area contributed by atoms with Gasteiger partial charge in [0.05, 0.1) is 0 Å². The Morgan fingerprint density at radius 2 is 1.75 bits per heavy atom. The van der Waals surface area contributed by atoms with Crippen molar-refractivity contribution in [2.45, 2.75) is 6.92 Å². The van der Waals surface area contributed by atoms with E-state index in [-0.39, 0.29) is 0 Å². The van der Waals surface area contributed by atoms with E-state index in [1.54, 1.807) is 0 Å². The molecule has 0 fully saturated rings. The van der Waals surface area contributed by atoms with E-state index in [9.17, 15) is 0 Å². The molecule has 1 nitrogen and oxygen atoms in total. The SMILES string of the molecule is CC=CC=CN(C)C. The molecular weight excluding hydrogens is 98.1 g/mol. The molecule has 0 aliphatic rings. The van der Waals surface area contributed by atoms with Crippen LogP contribution in [0.25, 0.3) is 0 Å². The van der Waals surface area contributed by atoms with Crippen molar-refractivity contribution in [3.8, 4) is 0 Å². The summed E-state index contributed by atoms with van der Waals surface area (Å²) in [6.07, 6.45) is 8.00. The van der Waals surface area contributed by atoms with Crippen LogP contribution in [0.15, 0.2) is 24.4 Å². The van der Waals surface area contributed by atoms with Gasteiger partial charge in [-0.05, 0) is 19.2 Å². The maximum Gasteiger partial charge on any atom is 0.00556 e. The molecule has 0 atom stereocenters. The van der Waals surface area contributed by atoms with E-state index in [1.807, 2.05) is 50.3 Å². The van der Waals surface area contributed by atoms with Crippen LogP contribution in [-0.2, 0) is 0 Å². The van der Waals surface area contributed by atoms with Crippen molar-refractivity contribution in [2.75, 3.05) is 14.1 Å². The molecule has 0 rings (SSSR count). The molecule has 0 spiro atoms. The van der Waals surface area contributed by atoms with E-state index in [4.69, 9.17) is 0 Å². The van der Waals surface area contributed by atoms with Crippen LogP contribution in [0.1, 0.15) is 6.92 Å². The lowest BCUT2D eigenvalue weighted by Crippen LogP contribution is -1.99. The van der Waals surface area contributed by atoms with Gasteiger partial charge in [0.15, 0.2) is 0 Å². The Morgan fingerprint density at radius 3 is 2.12 bits per heavy atom. The topological polar surface area (TPSA) is 3.24 Å². The van der Waals surface area contributed by atoms with E-state index in [2.05, 4.69) is 0 Å². The van der Waals surface area contributed by atoms with Crippen LogP contribution in [-0.4, -0.2) is 19.0 Å². The summed E-state index contributed by atoms with van der Waals surface area (Å²) in [5, 5.41) is 0. The largest absolute Gasteiger partial charge is 0.383 e. The van der Waals surface area contributed by atoms with Gasteiger partial charge < -0.3 is 4.90 Å². The van der Waals surface area contributed by atoms with Crippen LogP contribution in [0.5, 0.6) is 0 Å². The summed E-state index contributed by atoms with van der Waals surface area (Å²) < 4.78 is 0. The van der Waals surface area contributed by atoms with Crippen molar-refractivity contribution in [1.29, 1.82) is 0 Å². The number of nitrogens with zero attached hydrogens (tertiary/aromatic N) is 1. The lowest BCUT2D eigenvalue weighted by atomic mass is 10.5. The quantitative estimate of drug-likeness (QED) is 0.490. The fourth-order valence-corrected chi connectivity index (χ4v) is 0.333. The molecule has 0 amide bonds. The monoisotopic (exact) mass is 111 g/mol. The van der Waals surface area contributed by atoms with Gasteiger partial charge in [-0.1, -0.05) is 12.2 Å². The fraction of sp³-hybridized carbons (Fsp3) is 0.429. The average molecular weight is 111 g/mol. The molecular formula is C7H13N. The van der Waals surface area contributed by atoms with E-state index in [0.717, 1.165) is 0 Å². The van der Waals surface area contributed by atoms with Gasteiger partial charge in [-0.15, -0.1) is 0 Å². The van der Waals surface area contributed by atoms with Gasteiger partial charge in [0.1, 0.15) is 0 Å². The summed E-state index contributed by atoms with van der Waals surface area (Å²) in [6, 6.07) is 0. The maximum atomic E-state index is 2.00. The molecule has 0 saturated heterocycles. The number of rotatable bonds is 2. The molecule has 0 saturated carbocycles. The van der Waals surface area contributed by atoms with E-state index in [0.29, 0.717) is 0 Å². The summed E-state index contributed by atoms with van der Waals surface area (Å²) in [4.78, 5) is 2.00. The molecule has 0 radical (unpaired) electrons. The van der Waals surface area contributed by atoms with Gasteiger partial charge >= 0.3 is 0 Å². The van der Waals surface area contributed by atoms with Gasteiger partial charge in [0, 0.05) is 14.1 Å². The highest BCUT2D eigenvalue weighted by Gasteiger charge is 1.68. The van der Waals surface area contributed by atoms with Crippen molar-refractivity contribution >= 4 is 0 Å². The van der Waals surface area contributed by atoms with Crippen LogP contribution < -0.4 is 0 Å². The molecule has 0 aliphatic carbocycles. The fourth-order valence-electron chi connectivity index (χ4n) is 0.333. The molecule has 0 aromatic carbocycles. The van der Waals surface area contributed by atoms with Gasteiger partial charge in [-0.3, -0.25) is 0 Å². The Kier molecular flexibility index (Phi) is 4.04. The minimum atomic E-state index is 2.00. The molecule has 8 heavy (non-hydrogen) atoms. The molecule has 0 unspecified atom stereocenters. The van der Waals surface area contributed by atoms with Crippen LogP contribution in [0.3, 0.4) is 0 Å². The third-order valence-corrected chi connectivity index (χ3v) is 0.688. The Bertz CT molecular complexity index is 90.6. The Hall–Kier alpha value is -0.720. The Morgan fingerprint density at radius 1 is 1.12 bits per heavy atom. The smallest absolute Gasteiger partial charge is 0.00556 e. The summed E-state index contributed by atoms with van der Waals surface area (Å²) in [7, 11) is 4.00. The molecule has 0 N–H and O–H groups in total. The van der Waals surface area contributed by atoms with E-state index >= 15 is 0 Å². The van der Waals surface area contributed by atoms with Gasteiger partial charge in [-0.2, -0.15) is 0 Å². The maximum absolute atomic E-state index is 2.00. The highest BCUT2D eigenvalue weighted by Crippen LogP contribution is 1.78. The lowest BCUT2D eigenvalue weighted by Gasteiger charge is -2.00. The van der Waals surface area contributed by atoms with Crippen molar-refractivity contribution in [3.05, 3.63) is 24.4 Å². The zero-order valence-electron chi connectivity index (χ0n) is 5.76. The zero-order valence-corrected chi connectivity index (χ0v) is 5.76. The highest BCUT2D eigenvalue weighted by atomic mass is 15.0. The van der Waals surface area contributed by atoms with Crippen LogP contribution >= 0.6 is 0 Å². The lowest BCUT2D eigenvalue weighted by molar-refractivity contribution is 0.564. The summed E-state index contributed by atoms with van der Waals surface area (Å²) in [5.74, 6) is 0. The second-order valence-electron chi connectivity index (χ2n) is 1.83.